The van der Waals surface area contributed by atoms with Crippen LogP contribution in [-0.2, 0) is 0 Å². The van der Waals surface area contributed by atoms with Crippen LogP contribution in [0.1, 0.15) is 55.8 Å². The van der Waals surface area contributed by atoms with Gasteiger partial charge in [-0.15, -0.1) is 0 Å². The molecule has 1 aliphatic heterocycles. The van der Waals surface area contributed by atoms with Crippen LogP contribution in [0.25, 0.3) is 0 Å². The van der Waals surface area contributed by atoms with Gasteiger partial charge >= 0.3 is 6.09 Å². The highest BCUT2D eigenvalue weighted by atomic mass is 16.4. The van der Waals surface area contributed by atoms with Crippen LogP contribution in [0.5, 0.6) is 0 Å². The van der Waals surface area contributed by atoms with Crippen molar-refractivity contribution in [3.8, 4) is 0 Å². The van der Waals surface area contributed by atoms with Gasteiger partial charge in [0, 0.05) is 30.3 Å². The second kappa shape index (κ2) is 5.75. The minimum Gasteiger partial charge on any atom is -0.465 e. The Kier molecular flexibility index (Phi) is 4.23. The van der Waals surface area contributed by atoms with Gasteiger partial charge in [-0.2, -0.15) is 0 Å². The Morgan fingerprint density at radius 1 is 1.55 bits per heavy atom. The number of carboxylic acid groups (broad SMARTS) is 1. The number of likely N-dealkylation sites (tertiary alicyclic amines) is 1. The van der Waals surface area contributed by atoms with E-state index in [9.17, 15) is 9.90 Å². The summed E-state index contributed by atoms with van der Waals surface area (Å²) in [6.07, 6.45) is 1.65. The second-order valence-electron chi connectivity index (χ2n) is 5.48. The maximum absolute atomic E-state index is 11.1. The molecule has 1 fully saturated rings. The van der Waals surface area contributed by atoms with Crippen LogP contribution in [0.3, 0.4) is 0 Å². The van der Waals surface area contributed by atoms with Gasteiger partial charge in [0.15, 0.2) is 0 Å². The summed E-state index contributed by atoms with van der Waals surface area (Å²) in [4.78, 5) is 21.2. The van der Waals surface area contributed by atoms with Crippen LogP contribution in [-0.4, -0.2) is 43.8 Å². The molecule has 6 heteroatoms. The highest BCUT2D eigenvalue weighted by molar-refractivity contribution is 5.65. The molecule has 110 valence electrons. The van der Waals surface area contributed by atoms with E-state index in [0.717, 1.165) is 24.1 Å². The number of aliphatic hydroxyl groups excluding tert-OH is 1. The molecule has 2 N–H and O–H groups in total. The van der Waals surface area contributed by atoms with Crippen molar-refractivity contribution in [2.75, 3.05) is 6.54 Å². The largest absolute Gasteiger partial charge is 0.465 e. The summed E-state index contributed by atoms with van der Waals surface area (Å²) >= 11 is 0. The molecule has 20 heavy (non-hydrogen) atoms. The van der Waals surface area contributed by atoms with E-state index >= 15 is 0 Å². The van der Waals surface area contributed by atoms with Gasteiger partial charge in [0.2, 0.25) is 0 Å². The summed E-state index contributed by atoms with van der Waals surface area (Å²) in [5, 5.41) is 19.0. The summed E-state index contributed by atoms with van der Waals surface area (Å²) in [7, 11) is 0. The predicted octanol–water partition coefficient (Wildman–Crippen LogP) is 2.08. The van der Waals surface area contributed by atoms with Crippen molar-refractivity contribution < 1.29 is 15.0 Å². The van der Waals surface area contributed by atoms with Crippen LogP contribution in [0.15, 0.2) is 6.20 Å². The maximum atomic E-state index is 11.1. The third kappa shape index (κ3) is 2.90. The first-order chi connectivity index (χ1) is 9.40. The van der Waals surface area contributed by atoms with Gasteiger partial charge in [-0.3, -0.25) is 0 Å². The molecule has 0 bridgehead atoms. The van der Waals surface area contributed by atoms with Crippen LogP contribution in [0.2, 0.25) is 0 Å². The molecule has 1 aromatic rings. The topological polar surface area (TPSA) is 86.6 Å². The lowest BCUT2D eigenvalue weighted by Crippen LogP contribution is -2.43. The first kappa shape index (κ1) is 14.7. The molecule has 0 aromatic carbocycles. The Balaban J connectivity index is 2.25. The van der Waals surface area contributed by atoms with Gasteiger partial charge in [0.25, 0.3) is 0 Å². The summed E-state index contributed by atoms with van der Waals surface area (Å²) in [6.45, 7) is 5.94. The lowest BCUT2D eigenvalue weighted by atomic mass is 9.86. The number of hydrogen-bond acceptors (Lipinski definition) is 4. The average molecular weight is 279 g/mol. The number of aryl methyl sites for hydroxylation is 1. The molecule has 0 saturated carbocycles. The average Bonchev–Trinajstić information content (AvgIpc) is 2.37. The van der Waals surface area contributed by atoms with Gasteiger partial charge in [-0.1, -0.05) is 0 Å². The summed E-state index contributed by atoms with van der Waals surface area (Å²) in [5.41, 5.74) is 1.61. The molecule has 0 aliphatic carbocycles. The molecular formula is C14H21N3O3. The van der Waals surface area contributed by atoms with Gasteiger partial charge < -0.3 is 15.1 Å². The normalized spacial score (nSPS) is 24.5. The number of piperidine rings is 1. The smallest absolute Gasteiger partial charge is 0.407 e. The van der Waals surface area contributed by atoms with Crippen molar-refractivity contribution >= 4 is 6.09 Å². The number of hydrogen-bond donors (Lipinski definition) is 2. The van der Waals surface area contributed by atoms with Crippen molar-refractivity contribution in [3.63, 3.8) is 0 Å². The zero-order chi connectivity index (χ0) is 14.9. The Morgan fingerprint density at radius 3 is 2.80 bits per heavy atom. The van der Waals surface area contributed by atoms with Crippen LogP contribution < -0.4 is 0 Å². The fourth-order valence-corrected chi connectivity index (χ4v) is 2.85. The van der Waals surface area contributed by atoms with Gasteiger partial charge in [-0.25, -0.2) is 14.8 Å². The fraction of sp³-hybridized carbons (Fsp3) is 0.643. The SMILES string of the molecule is Cc1ncc(C(C)O)c(C2CCN(C(=O)O)C(C)C2)n1. The molecule has 0 radical (unpaired) electrons. The highest BCUT2D eigenvalue weighted by Gasteiger charge is 2.31. The van der Waals surface area contributed by atoms with E-state index in [1.165, 1.54) is 4.90 Å². The van der Waals surface area contributed by atoms with Gasteiger partial charge in [0.1, 0.15) is 5.82 Å². The molecule has 1 amide bonds. The molecular weight excluding hydrogens is 258 g/mol. The maximum Gasteiger partial charge on any atom is 0.407 e. The van der Waals surface area contributed by atoms with Crippen LogP contribution in [0.4, 0.5) is 4.79 Å². The standard InChI is InChI=1S/C14H21N3O3/c1-8-6-11(4-5-17(8)14(19)20)13-12(9(2)18)7-15-10(3)16-13/h7-9,11,18H,4-6H2,1-3H3,(H,19,20). The Morgan fingerprint density at radius 2 is 2.25 bits per heavy atom. The van der Waals surface area contributed by atoms with E-state index in [4.69, 9.17) is 5.11 Å². The monoisotopic (exact) mass is 279 g/mol. The number of nitrogens with zero attached hydrogens (tertiary/aromatic N) is 3. The third-order valence-electron chi connectivity index (χ3n) is 3.93. The van der Waals surface area contributed by atoms with E-state index < -0.39 is 12.2 Å². The van der Waals surface area contributed by atoms with E-state index in [1.54, 1.807) is 13.1 Å². The molecule has 3 unspecified atom stereocenters. The Hall–Kier alpha value is -1.69. The minimum atomic E-state index is -0.870. The molecule has 1 aromatic heterocycles. The molecule has 3 atom stereocenters. The van der Waals surface area contributed by atoms with E-state index in [1.807, 2.05) is 13.8 Å². The quantitative estimate of drug-likeness (QED) is 0.865. The molecule has 6 nitrogen and oxygen atoms in total. The fourth-order valence-electron chi connectivity index (χ4n) is 2.85. The van der Waals surface area contributed by atoms with Crippen molar-refractivity contribution in [3.05, 3.63) is 23.3 Å². The number of carbonyl (C=O) groups is 1. The van der Waals surface area contributed by atoms with Crippen molar-refractivity contribution in [2.45, 2.75) is 51.7 Å². The molecule has 1 aliphatic rings. The lowest BCUT2D eigenvalue weighted by Gasteiger charge is -2.36. The van der Waals surface area contributed by atoms with Crippen molar-refractivity contribution in [1.29, 1.82) is 0 Å². The van der Waals surface area contributed by atoms with Crippen molar-refractivity contribution in [1.82, 2.24) is 14.9 Å². The third-order valence-corrected chi connectivity index (χ3v) is 3.93. The number of rotatable bonds is 2. The molecule has 0 spiro atoms. The summed E-state index contributed by atoms with van der Waals surface area (Å²) in [5.74, 6) is 0.851. The highest BCUT2D eigenvalue weighted by Crippen LogP contribution is 2.33. The Labute approximate surface area is 118 Å². The van der Waals surface area contributed by atoms with E-state index in [-0.39, 0.29) is 12.0 Å². The predicted molar refractivity (Wildman–Crippen MR) is 73.6 cm³/mol. The summed E-state index contributed by atoms with van der Waals surface area (Å²) in [6, 6.07) is -0.0385. The minimum absolute atomic E-state index is 0.0385. The zero-order valence-electron chi connectivity index (χ0n) is 12.1. The van der Waals surface area contributed by atoms with Crippen LogP contribution >= 0.6 is 0 Å². The zero-order valence-corrected chi connectivity index (χ0v) is 12.1. The molecule has 2 heterocycles. The first-order valence-electron chi connectivity index (χ1n) is 6.91. The molecule has 1 saturated heterocycles. The van der Waals surface area contributed by atoms with E-state index in [2.05, 4.69) is 9.97 Å². The van der Waals surface area contributed by atoms with Crippen LogP contribution in [0, 0.1) is 6.92 Å². The number of aromatic nitrogens is 2. The number of aliphatic hydroxyl groups is 1. The van der Waals surface area contributed by atoms with Gasteiger partial charge in [-0.05, 0) is 33.6 Å². The summed E-state index contributed by atoms with van der Waals surface area (Å²) < 4.78 is 0. The Bertz CT molecular complexity index is 504. The second-order valence-corrected chi connectivity index (χ2v) is 5.48. The number of amides is 1. The first-order valence-corrected chi connectivity index (χ1v) is 6.91. The molecule has 2 rings (SSSR count). The lowest BCUT2D eigenvalue weighted by molar-refractivity contribution is 0.105. The van der Waals surface area contributed by atoms with E-state index in [0.29, 0.717) is 12.4 Å². The van der Waals surface area contributed by atoms with Gasteiger partial charge in [0.05, 0.1) is 11.8 Å². The van der Waals surface area contributed by atoms with Crippen molar-refractivity contribution in [2.24, 2.45) is 0 Å².